The van der Waals surface area contributed by atoms with Crippen molar-refractivity contribution in [2.24, 2.45) is 7.05 Å². The summed E-state index contributed by atoms with van der Waals surface area (Å²) in [5.74, 6) is 0. The minimum atomic E-state index is -0.0737. The van der Waals surface area contributed by atoms with Crippen molar-refractivity contribution in [3.8, 4) is 11.3 Å². The first-order valence-corrected chi connectivity index (χ1v) is 6.68. The van der Waals surface area contributed by atoms with Crippen molar-refractivity contribution in [2.75, 3.05) is 13.6 Å². The first kappa shape index (κ1) is 14.1. The van der Waals surface area contributed by atoms with Gasteiger partial charge in [0.2, 0.25) is 0 Å². The van der Waals surface area contributed by atoms with E-state index in [2.05, 4.69) is 10.4 Å². The molecule has 1 heterocycles. The second-order valence-corrected chi connectivity index (χ2v) is 4.72. The molecule has 106 valence electrons. The largest absolute Gasteiger partial charge is 0.334 e. The zero-order valence-electron chi connectivity index (χ0n) is 12.1. The second kappa shape index (κ2) is 6.23. The molecule has 0 fully saturated rings. The van der Waals surface area contributed by atoms with Crippen LogP contribution in [-0.2, 0) is 13.6 Å². The third-order valence-electron chi connectivity index (χ3n) is 3.20. The number of nitrogens with one attached hydrogen (secondary N) is 1. The molecule has 1 aromatic heterocycles. The molecule has 0 saturated carbocycles. The van der Waals surface area contributed by atoms with Gasteiger partial charge >= 0.3 is 6.03 Å². The molecule has 0 unspecified atom stereocenters. The number of carbonyl (C=O) groups is 1. The minimum absolute atomic E-state index is 0.0737. The van der Waals surface area contributed by atoms with Crippen LogP contribution in [-0.4, -0.2) is 34.3 Å². The van der Waals surface area contributed by atoms with Crippen LogP contribution >= 0.6 is 0 Å². The zero-order chi connectivity index (χ0) is 14.5. The van der Waals surface area contributed by atoms with E-state index >= 15 is 0 Å². The number of nitrogens with zero attached hydrogens (tertiary/aromatic N) is 3. The number of hydrogen-bond donors (Lipinski definition) is 1. The number of rotatable bonds is 4. The summed E-state index contributed by atoms with van der Waals surface area (Å²) in [6, 6.07) is 9.91. The molecule has 2 amide bonds. The molecule has 0 atom stereocenters. The molecular formula is C15H20N4O. The molecule has 0 aliphatic heterocycles. The average Bonchev–Trinajstić information content (AvgIpc) is 2.85. The average molecular weight is 272 g/mol. The summed E-state index contributed by atoms with van der Waals surface area (Å²) < 4.78 is 1.77. The Hall–Kier alpha value is -2.30. The second-order valence-electron chi connectivity index (χ2n) is 4.72. The lowest BCUT2D eigenvalue weighted by Gasteiger charge is -2.15. The highest BCUT2D eigenvalue weighted by Gasteiger charge is 2.12. The number of urea groups is 1. The predicted octanol–water partition coefficient (Wildman–Crippen LogP) is 2.25. The van der Waals surface area contributed by atoms with Crippen molar-refractivity contribution in [3.63, 3.8) is 0 Å². The Bertz CT molecular complexity index is 577. The highest BCUT2D eigenvalue weighted by molar-refractivity contribution is 5.74. The highest BCUT2D eigenvalue weighted by atomic mass is 16.2. The minimum Gasteiger partial charge on any atom is -0.334 e. The standard InChI is InChI=1S/C15H20N4O/c1-4-18(2)15(20)16-10-13-11-19(3)17-14(13)12-8-6-5-7-9-12/h5-9,11H,4,10H2,1-3H3,(H,16,20). The van der Waals surface area contributed by atoms with Gasteiger partial charge in [0, 0.05) is 44.5 Å². The Morgan fingerprint density at radius 2 is 2.05 bits per heavy atom. The van der Waals surface area contributed by atoms with Crippen LogP contribution in [0.3, 0.4) is 0 Å². The maximum atomic E-state index is 11.8. The lowest BCUT2D eigenvalue weighted by atomic mass is 10.1. The molecule has 0 bridgehead atoms. The van der Waals surface area contributed by atoms with E-state index in [4.69, 9.17) is 0 Å². The monoisotopic (exact) mass is 272 g/mol. The number of carbonyl (C=O) groups excluding carboxylic acids is 1. The first-order chi connectivity index (χ1) is 9.61. The topological polar surface area (TPSA) is 50.2 Å². The van der Waals surface area contributed by atoms with Gasteiger partial charge in [0.05, 0.1) is 5.69 Å². The molecule has 5 nitrogen and oxygen atoms in total. The van der Waals surface area contributed by atoms with E-state index < -0.39 is 0 Å². The van der Waals surface area contributed by atoms with Crippen molar-refractivity contribution in [1.29, 1.82) is 0 Å². The van der Waals surface area contributed by atoms with Crippen molar-refractivity contribution < 1.29 is 4.79 Å². The normalized spacial score (nSPS) is 10.3. The molecule has 0 saturated heterocycles. The third kappa shape index (κ3) is 3.17. The summed E-state index contributed by atoms with van der Waals surface area (Å²) in [6.45, 7) is 3.10. The fraction of sp³-hybridized carbons (Fsp3) is 0.333. The quantitative estimate of drug-likeness (QED) is 0.928. The molecule has 2 aromatic rings. The van der Waals surface area contributed by atoms with Crippen molar-refractivity contribution in [3.05, 3.63) is 42.1 Å². The number of amides is 2. The lowest BCUT2D eigenvalue weighted by Crippen LogP contribution is -2.36. The molecule has 5 heteroatoms. The van der Waals surface area contributed by atoms with Crippen LogP contribution in [0, 0.1) is 0 Å². The summed E-state index contributed by atoms with van der Waals surface area (Å²) in [5.41, 5.74) is 2.98. The number of aryl methyl sites for hydroxylation is 1. The Morgan fingerprint density at radius 3 is 2.70 bits per heavy atom. The smallest absolute Gasteiger partial charge is 0.317 e. The van der Waals surface area contributed by atoms with Crippen LogP contribution in [0.5, 0.6) is 0 Å². The van der Waals surface area contributed by atoms with Crippen LogP contribution in [0.4, 0.5) is 4.79 Å². The molecule has 1 N–H and O–H groups in total. The molecule has 0 aliphatic rings. The van der Waals surface area contributed by atoms with Gasteiger partial charge < -0.3 is 10.2 Å². The van der Waals surface area contributed by atoms with E-state index in [9.17, 15) is 4.79 Å². The highest BCUT2D eigenvalue weighted by Crippen LogP contribution is 2.21. The summed E-state index contributed by atoms with van der Waals surface area (Å²) in [7, 11) is 3.66. The Labute approximate surface area is 119 Å². The van der Waals surface area contributed by atoms with E-state index in [0.29, 0.717) is 13.1 Å². The molecule has 0 radical (unpaired) electrons. The maximum absolute atomic E-state index is 11.8. The first-order valence-electron chi connectivity index (χ1n) is 6.68. The summed E-state index contributed by atoms with van der Waals surface area (Å²) in [6.07, 6.45) is 1.94. The van der Waals surface area contributed by atoms with Crippen LogP contribution in [0.15, 0.2) is 36.5 Å². The van der Waals surface area contributed by atoms with E-state index in [0.717, 1.165) is 16.8 Å². The van der Waals surface area contributed by atoms with E-state index in [-0.39, 0.29) is 6.03 Å². The van der Waals surface area contributed by atoms with Gasteiger partial charge in [-0.15, -0.1) is 0 Å². The maximum Gasteiger partial charge on any atom is 0.317 e. The van der Waals surface area contributed by atoms with Gasteiger partial charge in [-0.3, -0.25) is 4.68 Å². The Balaban J connectivity index is 2.15. The molecule has 2 rings (SSSR count). The van der Waals surface area contributed by atoms with Crippen molar-refractivity contribution in [1.82, 2.24) is 20.0 Å². The summed E-state index contributed by atoms with van der Waals surface area (Å²) in [4.78, 5) is 13.4. The fourth-order valence-corrected chi connectivity index (χ4v) is 1.96. The zero-order valence-corrected chi connectivity index (χ0v) is 12.1. The van der Waals surface area contributed by atoms with Crippen molar-refractivity contribution >= 4 is 6.03 Å². The lowest BCUT2D eigenvalue weighted by molar-refractivity contribution is 0.210. The van der Waals surface area contributed by atoms with Gasteiger partial charge in [-0.2, -0.15) is 5.10 Å². The predicted molar refractivity (Wildman–Crippen MR) is 79.2 cm³/mol. The van der Waals surface area contributed by atoms with Gasteiger partial charge in [-0.05, 0) is 6.92 Å². The van der Waals surface area contributed by atoms with Gasteiger partial charge in [0.25, 0.3) is 0 Å². The molecule has 20 heavy (non-hydrogen) atoms. The van der Waals surface area contributed by atoms with Crippen LogP contribution in [0.2, 0.25) is 0 Å². The van der Waals surface area contributed by atoms with Crippen LogP contribution < -0.4 is 5.32 Å². The van der Waals surface area contributed by atoms with E-state index in [1.807, 2.05) is 50.5 Å². The SMILES string of the molecule is CCN(C)C(=O)NCc1cn(C)nc1-c1ccccc1. The molecule has 0 spiro atoms. The van der Waals surface area contributed by atoms with Gasteiger partial charge in [0.15, 0.2) is 0 Å². The Morgan fingerprint density at radius 1 is 1.35 bits per heavy atom. The molecular weight excluding hydrogens is 252 g/mol. The van der Waals surface area contributed by atoms with Crippen molar-refractivity contribution in [2.45, 2.75) is 13.5 Å². The summed E-state index contributed by atoms with van der Waals surface area (Å²) >= 11 is 0. The fourth-order valence-electron chi connectivity index (χ4n) is 1.96. The van der Waals surface area contributed by atoms with Gasteiger partial charge in [-0.25, -0.2) is 4.79 Å². The van der Waals surface area contributed by atoms with E-state index in [1.165, 1.54) is 0 Å². The number of benzene rings is 1. The Kier molecular flexibility index (Phi) is 4.40. The van der Waals surface area contributed by atoms with Gasteiger partial charge in [-0.1, -0.05) is 30.3 Å². The van der Waals surface area contributed by atoms with Crippen LogP contribution in [0.1, 0.15) is 12.5 Å². The molecule has 0 aliphatic carbocycles. The van der Waals surface area contributed by atoms with E-state index in [1.54, 1.807) is 16.6 Å². The third-order valence-corrected chi connectivity index (χ3v) is 3.20. The number of aromatic nitrogens is 2. The molecule has 1 aromatic carbocycles. The number of hydrogen-bond acceptors (Lipinski definition) is 2. The van der Waals surface area contributed by atoms with Crippen LogP contribution in [0.25, 0.3) is 11.3 Å². The van der Waals surface area contributed by atoms with Gasteiger partial charge in [0.1, 0.15) is 0 Å². The summed E-state index contributed by atoms with van der Waals surface area (Å²) in [5, 5.41) is 7.38.